The Hall–Kier alpha value is -4.37. The largest absolute Gasteiger partial charge is 0.490 e. The van der Waals surface area contributed by atoms with Crippen molar-refractivity contribution in [2.45, 2.75) is 147 Å². The SMILES string of the molecule is CC[C@H]1O[C@@H](n2cc(C#CCN)c(N)nc2=O)C[C@H]1OCSSC.CC[C@H]1O[C@@H](n2cc(C#CCNC(=O)OCCSSCCNB(C)O)c(N)nc2=O)C[C@H]1OCSSC.CSSCO[C@@H]1C[C@H](n2cc(C#CCNC(=O)OCCSSCCNB(C)O)c(N)nc2=O)O[C@@H]1CO.CSSCO[C@@H]1C[C@H](n2cc(C#CCNC(=O)OCCSSCCNB(C)O)c(N)nc2=O)O[C@@H]1COP(=O)(O)OP(=O)(O)OP(=O)(O)O. The van der Waals surface area contributed by atoms with Crippen LogP contribution in [-0.2, 0) is 78.9 Å². The van der Waals surface area contributed by atoms with E-state index in [4.69, 9.17) is 110 Å². The maximum Gasteiger partial charge on any atom is 0.490 e. The van der Waals surface area contributed by atoms with Crippen molar-refractivity contribution in [3.63, 3.8) is 0 Å². The fourth-order valence-electron chi connectivity index (χ4n) is 12.3. The number of carbonyl (C=O) groups excluding carboxylic acids is 3. The quantitative estimate of drug-likeness (QED) is 0.00536. The molecule has 51 nitrogen and oxygen atoms in total. The maximum atomic E-state index is 12.7. The lowest BCUT2D eigenvalue weighted by Crippen LogP contribution is -2.32. The summed E-state index contributed by atoms with van der Waals surface area (Å²) < 4.78 is 114. The molecule has 0 aliphatic carbocycles. The first kappa shape index (κ1) is 133. The second-order valence-corrected chi connectivity index (χ2v) is 52.0. The molecule has 822 valence electrons. The van der Waals surface area contributed by atoms with Crippen LogP contribution in [0.1, 0.15) is 99.5 Å². The van der Waals surface area contributed by atoms with E-state index in [2.05, 4.69) is 108 Å². The lowest BCUT2D eigenvalue weighted by atomic mass is 9.89. The predicted molar refractivity (Wildman–Crippen MR) is 591 cm³/mol. The second-order valence-electron chi connectivity index (χ2n) is 29.4. The Kier molecular flexibility index (Phi) is 67.6. The average molecular weight is 2390 g/mol. The van der Waals surface area contributed by atoms with E-state index in [-0.39, 0.29) is 124 Å². The van der Waals surface area contributed by atoms with Crippen molar-refractivity contribution in [1.29, 1.82) is 0 Å². The number of anilines is 4. The Bertz CT molecular complexity index is 5210. The van der Waals surface area contributed by atoms with E-state index in [0.717, 1.165) is 34.7 Å². The summed E-state index contributed by atoms with van der Waals surface area (Å²) in [6, 6.07) is 0. The lowest BCUT2D eigenvalue weighted by Gasteiger charge is -2.21. The summed E-state index contributed by atoms with van der Waals surface area (Å²) in [4.78, 5) is 137. The number of carbonyl (C=O) groups is 3. The van der Waals surface area contributed by atoms with Gasteiger partial charge >= 0.3 is 85.7 Å². The molecule has 4 aromatic heterocycles. The fraction of sp³-hybridized carbons (Fsp3) is 0.645. The molecule has 0 spiro atoms. The standard InChI is InChI=1S/C21H34BN5O6S4.C20H35BN5O16P3S4.C20H32BN5O7S4.C15H22N4O3S2/c1-4-16-17(32-14-37-34-3)12-18(33-16)27-13-15(19(23)26-20(27)28)6-5-7-24-21(29)31-9-11-36-35-10-8-25-22(2)30;1-21(29)24-6-8-47-48-9-7-37-20(28)23-5-3-4-14-11-26(19(27)25-18(14)22)17-10-15(38-13-49-46-2)16(40-17)12-39-44(33,34)42-45(35,36)41-43(30,31)32;1-21(30)24-6-8-35-36-9-7-31-20(29)23-5-3-4-14-11-26(19(28)25-18(14)22)17-10-15(16(12-27)33-17)32-13-37-34-2;1-3-11-12(21-9-24-23-2)7-13(22-11)19-8-10(5-4-6-16)14(17)18-15(19)20/h13,16-18,25,30H,4,7-12,14H2,1-3H3,(H,24,29)(H2,23,26,28);11,15-17,24,29H,5-10,12-13H2,1-2H3,(H,23,28)(H,33,34)(H,35,36)(H2,22,25,27)(H2,30,31,32);11,15-17,24,27,30H,5-10,12-13H2,1-2H3,(H,23,29)(H2,22,25,28);8,11-13H,3,6-7,9,16H2,1-2H3,(H2,17,18,20)/t16-,17-,18-;2*15-,16-,17-;11-,12-,13-/m1111/s1. The highest BCUT2D eigenvalue weighted by molar-refractivity contribution is 8.78. The molecule has 0 saturated carbocycles. The summed E-state index contributed by atoms with van der Waals surface area (Å²) in [5.74, 6) is 27.9. The molecule has 4 aromatic rings. The number of amides is 3. The maximum absolute atomic E-state index is 12.7. The number of hydrogen-bond donors (Lipinski definition) is 19. The number of aromatic nitrogens is 8. The van der Waals surface area contributed by atoms with Gasteiger partial charge in [-0.3, -0.25) is 22.8 Å². The van der Waals surface area contributed by atoms with Crippen molar-refractivity contribution in [3.05, 3.63) is 89.0 Å². The summed E-state index contributed by atoms with van der Waals surface area (Å²) in [5.41, 5.74) is 27.6. The van der Waals surface area contributed by atoms with Crippen LogP contribution < -0.4 is 83.1 Å². The van der Waals surface area contributed by atoms with Gasteiger partial charge in [0, 0.05) is 85.0 Å². The van der Waals surface area contributed by atoms with Gasteiger partial charge in [-0.25, -0.2) is 47.3 Å². The summed E-state index contributed by atoms with van der Waals surface area (Å²) in [6.45, 7) is 10.8. The Labute approximate surface area is 906 Å². The molecule has 0 bridgehead atoms. The van der Waals surface area contributed by atoms with E-state index >= 15 is 0 Å². The number of nitrogens with two attached hydrogens (primary N) is 5. The molecule has 14 atom stereocenters. The summed E-state index contributed by atoms with van der Waals surface area (Å²) in [5, 5.41) is 53.2. The molecule has 4 aliphatic heterocycles. The topological polar surface area (TPSA) is 735 Å². The van der Waals surface area contributed by atoms with Gasteiger partial charge in [-0.05, 0) is 78.0 Å². The van der Waals surface area contributed by atoms with Crippen molar-refractivity contribution >= 4 is 237 Å². The zero-order chi connectivity index (χ0) is 108. The molecular weight excluding hydrogens is 2270 g/mol. The summed E-state index contributed by atoms with van der Waals surface area (Å²) in [6.07, 6.45) is 8.70. The summed E-state index contributed by atoms with van der Waals surface area (Å²) in [7, 11) is 3.38. The molecule has 2 unspecified atom stereocenters. The number of aliphatic hydroxyl groups is 1. The van der Waals surface area contributed by atoms with E-state index in [0.29, 0.717) is 90.7 Å². The van der Waals surface area contributed by atoms with Gasteiger partial charge in [0.25, 0.3) is 0 Å². The Morgan fingerprint density at radius 2 is 0.714 bits per heavy atom. The molecular formula is C76H123B3N19O32P3S14. The number of phosphoric ester groups is 1. The lowest BCUT2D eigenvalue weighted by molar-refractivity contribution is -0.0553. The minimum Gasteiger partial charge on any atom is -0.449 e. The van der Waals surface area contributed by atoms with Gasteiger partial charge in [-0.15, -0.1) is 0 Å². The Morgan fingerprint density at radius 1 is 0.435 bits per heavy atom. The van der Waals surface area contributed by atoms with Gasteiger partial charge in [0.05, 0.1) is 98.3 Å². The van der Waals surface area contributed by atoms with Gasteiger partial charge in [0.2, 0.25) is 0 Å². The summed E-state index contributed by atoms with van der Waals surface area (Å²) >= 11 is 0. The molecule has 4 aliphatic rings. The molecule has 8 heterocycles. The van der Waals surface area contributed by atoms with Gasteiger partial charge < -0.3 is 152 Å². The molecule has 4 saturated heterocycles. The Morgan fingerprint density at radius 3 is 0.993 bits per heavy atom. The number of rotatable bonds is 57. The zero-order valence-electron chi connectivity index (χ0n) is 81.2. The molecule has 0 aromatic carbocycles. The van der Waals surface area contributed by atoms with Crippen LogP contribution in [0.25, 0.3) is 0 Å². The smallest absolute Gasteiger partial charge is 0.449 e. The van der Waals surface area contributed by atoms with E-state index < -0.39 is 135 Å². The minimum atomic E-state index is -5.74. The molecule has 3 amide bonds. The highest BCUT2D eigenvalue weighted by Gasteiger charge is 2.45. The second kappa shape index (κ2) is 74.7. The number of ether oxygens (including phenoxy) is 11. The Balaban J connectivity index is 0.000000353. The normalized spacial score (nSPS) is 19.9. The van der Waals surface area contributed by atoms with Crippen molar-refractivity contribution in [2.24, 2.45) is 5.73 Å². The number of nitrogen functional groups attached to an aromatic ring is 4. The van der Waals surface area contributed by atoms with Gasteiger partial charge in [0.15, 0.2) is 0 Å². The van der Waals surface area contributed by atoms with Crippen LogP contribution in [0.5, 0.6) is 0 Å². The van der Waals surface area contributed by atoms with Crippen molar-refractivity contribution in [3.8, 4) is 47.4 Å². The van der Waals surface area contributed by atoms with Crippen LogP contribution >= 0.6 is 175 Å². The van der Waals surface area contributed by atoms with Crippen molar-refractivity contribution in [1.82, 2.24) is 69.8 Å². The van der Waals surface area contributed by atoms with E-state index in [1.165, 1.54) is 75.5 Å². The monoisotopic (exact) mass is 2390 g/mol. The van der Waals surface area contributed by atoms with Crippen molar-refractivity contribution < 1.29 is 133 Å². The first-order valence-electron chi connectivity index (χ1n) is 44.2. The number of nitrogens with one attached hydrogen (secondary N) is 6. The van der Waals surface area contributed by atoms with Gasteiger partial charge in [-0.2, -0.15) is 28.6 Å². The van der Waals surface area contributed by atoms with E-state index in [1.807, 2.05) is 32.6 Å². The number of hydrogen-bond acceptors (Lipinski definition) is 54. The highest BCUT2D eigenvalue weighted by atomic mass is 33.1. The highest BCUT2D eigenvalue weighted by Crippen LogP contribution is 2.66. The molecule has 8 rings (SSSR count). The third-order valence-electron chi connectivity index (χ3n) is 18.8. The zero-order valence-corrected chi connectivity index (χ0v) is 95.3. The van der Waals surface area contributed by atoms with Crippen LogP contribution in [0.4, 0.5) is 37.7 Å². The average Bonchev–Trinajstić information content (AvgIpc) is 1.48. The number of aliphatic hydroxyl groups excluding tert-OH is 1. The van der Waals surface area contributed by atoms with Crippen LogP contribution in [0, 0.1) is 47.4 Å². The van der Waals surface area contributed by atoms with Crippen LogP contribution in [-0.4, -0.2) is 328 Å². The third-order valence-corrected chi connectivity index (χ3v) is 35.5. The van der Waals surface area contributed by atoms with Gasteiger partial charge in [-0.1, -0.05) is 212 Å². The first-order valence-corrected chi connectivity index (χ1v) is 67.1. The molecule has 147 heavy (non-hydrogen) atoms. The van der Waals surface area contributed by atoms with E-state index in [9.17, 15) is 62.2 Å². The van der Waals surface area contributed by atoms with Crippen LogP contribution in [0.15, 0.2) is 44.0 Å². The predicted octanol–water partition coefficient (Wildman–Crippen LogP) is 4.81. The number of alkyl carbamates (subject to hydrolysis) is 3. The first-order chi connectivity index (χ1) is 70.2. The molecule has 0 radical (unpaired) electrons. The van der Waals surface area contributed by atoms with Gasteiger partial charge in [0.1, 0.15) is 104 Å². The number of phosphoric acid groups is 3. The molecule has 4 fully saturated rings. The number of nitrogens with zero attached hydrogens (tertiary/aromatic N) is 8. The van der Waals surface area contributed by atoms with E-state index in [1.54, 1.807) is 141 Å². The van der Waals surface area contributed by atoms with Crippen LogP contribution in [0.2, 0.25) is 20.5 Å². The molecule has 71 heteroatoms. The minimum absolute atomic E-state index is 0.0132. The fourth-order valence-corrected chi connectivity index (χ4v) is 23.7. The molecule has 24 N–H and O–H groups in total. The van der Waals surface area contributed by atoms with Crippen molar-refractivity contribution in [2.75, 3.05) is 185 Å². The van der Waals surface area contributed by atoms with Crippen LogP contribution in [0.3, 0.4) is 0 Å². The third kappa shape index (κ3) is 54.2.